The molecule has 0 aliphatic carbocycles. The van der Waals surface area contributed by atoms with Gasteiger partial charge in [-0.2, -0.15) is 9.35 Å². The number of carbonyl (C=O) groups excluding carboxylic acids is 2. The van der Waals surface area contributed by atoms with E-state index < -0.39 is 34.4 Å². The van der Waals surface area contributed by atoms with Gasteiger partial charge in [-0.3, -0.25) is 10.0 Å². The molecule has 0 aromatic heterocycles. The van der Waals surface area contributed by atoms with Gasteiger partial charge in [0.2, 0.25) is 10.4 Å². The number of likely N-dealkylation sites (N-methyl/N-ethyl adjacent to an activating group) is 1. The first-order valence-corrected chi connectivity index (χ1v) is 6.75. The Balaban J connectivity index is 0.00000200. The number of rotatable bonds is 3. The van der Waals surface area contributed by atoms with Crippen LogP contribution in [-0.2, 0) is 19.5 Å². The van der Waals surface area contributed by atoms with Gasteiger partial charge in [-0.1, -0.05) is 0 Å². The number of urea groups is 1. The molecule has 1 N–H and O–H groups in total. The summed E-state index contributed by atoms with van der Waals surface area (Å²) in [6.45, 7) is 0.0681. The van der Waals surface area contributed by atoms with Crippen molar-refractivity contribution < 1.29 is 61.6 Å². The van der Waals surface area contributed by atoms with Gasteiger partial charge < -0.3 is 9.45 Å². The molecule has 0 radical (unpaired) electrons. The fraction of sp³-hybridized carbons (Fsp3) is 0.750. The van der Waals surface area contributed by atoms with E-state index in [0.29, 0.717) is 16.5 Å². The molecule has 2 rings (SSSR count). The van der Waals surface area contributed by atoms with Crippen molar-refractivity contribution in [2.45, 2.75) is 24.9 Å². The largest absolute Gasteiger partial charge is 1.00 e. The maximum atomic E-state index is 11.9. The van der Waals surface area contributed by atoms with Crippen LogP contribution in [0.4, 0.5) is 4.79 Å². The van der Waals surface area contributed by atoms with Crippen LogP contribution in [0.1, 0.15) is 12.8 Å². The zero-order valence-electron chi connectivity index (χ0n) is 10.9. The number of amides is 3. The van der Waals surface area contributed by atoms with Gasteiger partial charge in [0.15, 0.2) is 0 Å². The molecule has 20 heavy (non-hydrogen) atoms. The summed E-state index contributed by atoms with van der Waals surface area (Å²) in [5.74, 6) is -0.682. The van der Waals surface area contributed by atoms with Crippen molar-refractivity contribution in [3.05, 3.63) is 0 Å². The van der Waals surface area contributed by atoms with Gasteiger partial charge in [-0.15, -0.1) is 0 Å². The average Bonchev–Trinajstić information content (AvgIpc) is 2.52. The molecule has 2 aliphatic rings. The van der Waals surface area contributed by atoms with E-state index >= 15 is 0 Å². The molecule has 3 amide bonds. The molecule has 0 unspecified atom stereocenters. The molecule has 108 valence electrons. The van der Waals surface area contributed by atoms with E-state index in [4.69, 9.17) is 5.21 Å². The predicted octanol–water partition coefficient (Wildman–Crippen LogP) is -4.50. The van der Waals surface area contributed by atoms with Crippen LogP contribution in [0.2, 0.25) is 0 Å². The van der Waals surface area contributed by atoms with Gasteiger partial charge in [-0.25, -0.2) is 18.3 Å². The van der Waals surface area contributed by atoms with Crippen LogP contribution < -0.4 is 29.6 Å². The average molecular weight is 317 g/mol. The number of hydrogen-bond donors (Lipinski definition) is 1. The Bertz CT molecular complexity index is 510. The molecular weight excluding hydrogens is 305 g/mol. The van der Waals surface area contributed by atoms with Crippen LogP contribution in [-0.4, -0.2) is 70.8 Å². The van der Waals surface area contributed by atoms with Crippen molar-refractivity contribution in [2.75, 3.05) is 13.6 Å². The van der Waals surface area contributed by atoms with Gasteiger partial charge in [0.1, 0.15) is 6.04 Å². The van der Waals surface area contributed by atoms with Gasteiger partial charge in [0.05, 0.1) is 6.04 Å². The second-order valence-electron chi connectivity index (χ2n) is 4.35. The van der Waals surface area contributed by atoms with Gasteiger partial charge >= 0.3 is 35.6 Å². The minimum absolute atomic E-state index is 0. The van der Waals surface area contributed by atoms with E-state index in [2.05, 4.69) is 4.28 Å². The van der Waals surface area contributed by atoms with E-state index in [9.17, 15) is 22.6 Å². The van der Waals surface area contributed by atoms with E-state index in [-0.39, 0.29) is 42.5 Å². The van der Waals surface area contributed by atoms with E-state index in [1.807, 2.05) is 0 Å². The summed E-state index contributed by atoms with van der Waals surface area (Å²) < 4.78 is 35.7. The van der Waals surface area contributed by atoms with Crippen LogP contribution in [0.25, 0.3) is 0 Å². The minimum Gasteiger partial charge on any atom is -0.724 e. The topological polar surface area (TPSA) is 131 Å². The van der Waals surface area contributed by atoms with Crippen LogP contribution in [0, 0.1) is 0 Å². The second-order valence-corrected chi connectivity index (χ2v) is 5.32. The summed E-state index contributed by atoms with van der Waals surface area (Å²) >= 11 is 0. The Morgan fingerprint density at radius 2 is 2.10 bits per heavy atom. The van der Waals surface area contributed by atoms with Crippen molar-refractivity contribution >= 4 is 22.3 Å². The summed E-state index contributed by atoms with van der Waals surface area (Å²) in [4.78, 5) is 24.6. The van der Waals surface area contributed by atoms with Crippen molar-refractivity contribution in [1.82, 2.24) is 15.0 Å². The minimum atomic E-state index is -5.05. The van der Waals surface area contributed by atoms with Crippen LogP contribution in [0.3, 0.4) is 0 Å². The number of fused-ring (bicyclic) bond motifs is 2. The Morgan fingerprint density at radius 3 is 2.60 bits per heavy atom. The summed E-state index contributed by atoms with van der Waals surface area (Å²) in [5.41, 5.74) is 0. The first kappa shape index (κ1) is 17.6. The molecular formula is C8H12N3NaO7S. The van der Waals surface area contributed by atoms with E-state index in [0.717, 1.165) is 11.9 Å². The van der Waals surface area contributed by atoms with Gasteiger partial charge in [0, 0.05) is 13.6 Å². The summed E-state index contributed by atoms with van der Waals surface area (Å²) in [6, 6.07) is -2.35. The fourth-order valence-electron chi connectivity index (χ4n) is 2.30. The molecule has 0 saturated carbocycles. The molecule has 2 aliphatic heterocycles. The third-order valence-electron chi connectivity index (χ3n) is 3.10. The third kappa shape index (κ3) is 3.42. The molecule has 2 fully saturated rings. The molecule has 0 spiro atoms. The van der Waals surface area contributed by atoms with Crippen LogP contribution in [0.15, 0.2) is 0 Å². The Morgan fingerprint density at radius 1 is 1.50 bits per heavy atom. The van der Waals surface area contributed by atoms with Crippen molar-refractivity contribution in [1.29, 1.82) is 0 Å². The first-order chi connectivity index (χ1) is 8.70. The van der Waals surface area contributed by atoms with Crippen molar-refractivity contribution in [3.8, 4) is 0 Å². The Kier molecular flexibility index (Phi) is 5.40. The molecule has 12 heteroatoms. The smallest absolute Gasteiger partial charge is 0.724 e. The SMILES string of the molecule is CN(O)C(=O)[C@@H]1CC[C@@H]2CN1C(=O)N2OS(=O)(=O)[O-].[Na+]. The van der Waals surface area contributed by atoms with Crippen LogP contribution >= 0.6 is 0 Å². The van der Waals surface area contributed by atoms with Crippen LogP contribution in [0.5, 0.6) is 0 Å². The predicted molar refractivity (Wildman–Crippen MR) is 56.1 cm³/mol. The normalized spacial score (nSPS) is 25.4. The summed E-state index contributed by atoms with van der Waals surface area (Å²) in [6.07, 6.45) is 0.543. The molecule has 2 saturated heterocycles. The third-order valence-corrected chi connectivity index (χ3v) is 3.44. The Hall–Kier alpha value is -0.430. The molecule has 2 bridgehead atoms. The first-order valence-electron chi connectivity index (χ1n) is 5.42. The summed E-state index contributed by atoms with van der Waals surface area (Å²) in [5, 5.41) is 9.94. The quantitative estimate of drug-likeness (QED) is 0.182. The van der Waals surface area contributed by atoms with Crippen molar-refractivity contribution in [3.63, 3.8) is 0 Å². The molecule has 10 nitrogen and oxygen atoms in total. The van der Waals surface area contributed by atoms with E-state index in [1.54, 1.807) is 0 Å². The molecule has 2 heterocycles. The monoisotopic (exact) mass is 317 g/mol. The van der Waals surface area contributed by atoms with E-state index in [1.165, 1.54) is 0 Å². The van der Waals surface area contributed by atoms with Gasteiger partial charge in [0.25, 0.3) is 5.91 Å². The number of piperidine rings is 1. The second kappa shape index (κ2) is 6.13. The van der Waals surface area contributed by atoms with Gasteiger partial charge in [-0.05, 0) is 12.8 Å². The maximum absolute atomic E-state index is 11.9. The Labute approximate surface area is 137 Å². The zero-order chi connectivity index (χ0) is 14.4. The summed E-state index contributed by atoms with van der Waals surface area (Å²) in [7, 11) is -3.92. The standard InChI is InChI=1S/C8H13N3O7S.Na/c1-9(14)7(12)6-3-2-5-4-10(6)8(13)11(5)18-19(15,16)17;/h5-6,14H,2-4H2,1H3,(H,15,16,17);/q;+1/p-1/t5-,6+;/m1./s1. The number of hydrogen-bond acceptors (Lipinski definition) is 7. The molecule has 2 atom stereocenters. The van der Waals surface area contributed by atoms with Crippen molar-refractivity contribution in [2.24, 2.45) is 0 Å². The fourth-order valence-corrected chi connectivity index (χ4v) is 2.68. The molecule has 0 aromatic rings. The number of nitrogens with zero attached hydrogens (tertiary/aromatic N) is 3. The zero-order valence-corrected chi connectivity index (χ0v) is 13.7. The number of carbonyl (C=O) groups is 2. The maximum Gasteiger partial charge on any atom is 1.00 e. The molecule has 0 aromatic carbocycles. The number of hydroxylamine groups is 4.